The summed E-state index contributed by atoms with van der Waals surface area (Å²) in [4.78, 5) is 25.7. The molecule has 5 nitrogen and oxygen atoms in total. The minimum atomic E-state index is -0.406. The van der Waals surface area contributed by atoms with Crippen LogP contribution in [0, 0.1) is 0 Å². The Morgan fingerprint density at radius 2 is 2.47 bits per heavy atom. The fraction of sp³-hybridized carbons (Fsp3) is 0.636. The van der Waals surface area contributed by atoms with Crippen molar-refractivity contribution in [3.63, 3.8) is 0 Å². The molecule has 0 aliphatic carbocycles. The second kappa shape index (κ2) is 5.01. The third-order valence-corrected chi connectivity index (χ3v) is 4.01. The average Bonchev–Trinajstić information content (AvgIpc) is 2.95. The first-order valence-electron chi connectivity index (χ1n) is 5.86. The number of rotatable bonds is 4. The predicted molar refractivity (Wildman–Crippen MR) is 67.0 cm³/mol. The molecule has 3 N–H and O–H groups in total. The molecule has 0 saturated carbocycles. The lowest BCUT2D eigenvalue weighted by molar-refractivity contribution is -0.127. The Morgan fingerprint density at radius 1 is 1.65 bits per heavy atom. The van der Waals surface area contributed by atoms with Crippen molar-refractivity contribution in [2.75, 3.05) is 6.54 Å². The molecule has 1 amide bonds. The van der Waals surface area contributed by atoms with Crippen molar-refractivity contribution in [1.82, 2.24) is 15.6 Å². The Balaban J connectivity index is 1.94. The van der Waals surface area contributed by atoms with Crippen molar-refractivity contribution in [3.8, 4) is 0 Å². The molecule has 1 aliphatic rings. The number of carbonyl (C=O) groups excluding carboxylic acids is 1. The van der Waals surface area contributed by atoms with Crippen molar-refractivity contribution < 1.29 is 4.79 Å². The number of aromatic amines is 1. The zero-order chi connectivity index (χ0) is 12.3. The van der Waals surface area contributed by atoms with Gasteiger partial charge < -0.3 is 15.6 Å². The molecule has 1 unspecified atom stereocenters. The van der Waals surface area contributed by atoms with E-state index in [1.54, 1.807) is 5.38 Å². The molecule has 0 spiro atoms. The normalized spacial score (nSPS) is 23.8. The van der Waals surface area contributed by atoms with E-state index in [9.17, 15) is 9.59 Å². The maximum atomic E-state index is 12.1. The molecule has 1 aromatic rings. The summed E-state index contributed by atoms with van der Waals surface area (Å²) in [7, 11) is 0. The van der Waals surface area contributed by atoms with Crippen molar-refractivity contribution in [3.05, 3.63) is 20.7 Å². The van der Waals surface area contributed by atoms with Crippen LogP contribution in [0.15, 0.2) is 10.2 Å². The van der Waals surface area contributed by atoms with Gasteiger partial charge in [0.05, 0.1) is 12.1 Å². The molecule has 1 saturated heterocycles. The molecule has 2 rings (SSSR count). The van der Waals surface area contributed by atoms with E-state index in [0.717, 1.165) is 42.8 Å². The summed E-state index contributed by atoms with van der Waals surface area (Å²) >= 11 is 1.12. The fourth-order valence-electron chi connectivity index (χ4n) is 2.21. The number of nitrogens with one attached hydrogen (secondary N) is 3. The predicted octanol–water partition coefficient (Wildman–Crippen LogP) is 0.585. The van der Waals surface area contributed by atoms with E-state index in [0.29, 0.717) is 6.54 Å². The molecule has 1 aromatic heterocycles. The highest BCUT2D eigenvalue weighted by atomic mass is 32.1. The maximum Gasteiger partial charge on any atom is 0.304 e. The number of thiazole rings is 1. The van der Waals surface area contributed by atoms with Gasteiger partial charge in [-0.25, -0.2) is 0 Å². The van der Waals surface area contributed by atoms with Crippen molar-refractivity contribution in [1.29, 1.82) is 0 Å². The number of hydrogen-bond donors (Lipinski definition) is 3. The number of carbonyl (C=O) groups is 1. The van der Waals surface area contributed by atoms with Gasteiger partial charge in [0.1, 0.15) is 0 Å². The van der Waals surface area contributed by atoms with Gasteiger partial charge in [-0.3, -0.25) is 9.59 Å². The van der Waals surface area contributed by atoms with Crippen molar-refractivity contribution >= 4 is 17.2 Å². The monoisotopic (exact) mass is 255 g/mol. The van der Waals surface area contributed by atoms with E-state index in [2.05, 4.69) is 15.6 Å². The molecule has 0 radical (unpaired) electrons. The van der Waals surface area contributed by atoms with Crippen LogP contribution >= 0.6 is 11.3 Å². The van der Waals surface area contributed by atoms with E-state index >= 15 is 0 Å². The second-order valence-electron chi connectivity index (χ2n) is 4.32. The van der Waals surface area contributed by atoms with Gasteiger partial charge in [-0.05, 0) is 25.8 Å². The molecule has 94 valence electrons. The Hall–Kier alpha value is -1.14. The number of amides is 1. The van der Waals surface area contributed by atoms with E-state index < -0.39 is 5.54 Å². The van der Waals surface area contributed by atoms with Gasteiger partial charge >= 0.3 is 4.87 Å². The van der Waals surface area contributed by atoms with Gasteiger partial charge in [-0.1, -0.05) is 18.3 Å². The summed E-state index contributed by atoms with van der Waals surface area (Å²) in [5.74, 6) is 0.0320. The van der Waals surface area contributed by atoms with Gasteiger partial charge in [-0.15, -0.1) is 0 Å². The minimum absolute atomic E-state index is 0.0320. The smallest absolute Gasteiger partial charge is 0.304 e. The SMILES string of the molecule is CCC1(C(=O)NCc2csc(=O)[nH]2)CCCN1. The third kappa shape index (κ3) is 2.58. The van der Waals surface area contributed by atoms with Crippen molar-refractivity contribution in [2.45, 2.75) is 38.3 Å². The van der Waals surface area contributed by atoms with Crippen molar-refractivity contribution in [2.24, 2.45) is 0 Å². The first-order chi connectivity index (χ1) is 8.16. The zero-order valence-corrected chi connectivity index (χ0v) is 10.7. The summed E-state index contributed by atoms with van der Waals surface area (Å²) in [5.41, 5.74) is 0.355. The molecule has 17 heavy (non-hydrogen) atoms. The Kier molecular flexibility index (Phi) is 3.63. The van der Waals surface area contributed by atoms with Crippen LogP contribution < -0.4 is 15.5 Å². The lowest BCUT2D eigenvalue weighted by Crippen LogP contribution is -2.52. The first-order valence-corrected chi connectivity index (χ1v) is 6.74. The Morgan fingerprint density at radius 3 is 3.00 bits per heavy atom. The van der Waals surface area contributed by atoms with Crippen LogP contribution in [0.3, 0.4) is 0 Å². The molecular formula is C11H17N3O2S. The van der Waals surface area contributed by atoms with Crippen LogP contribution in [0.5, 0.6) is 0 Å². The standard InChI is InChI=1S/C11H17N3O2S/c1-2-11(4-3-5-13-11)9(15)12-6-8-7-17-10(16)14-8/h7,13H,2-6H2,1H3,(H,12,15)(H,14,16). The number of hydrogen-bond acceptors (Lipinski definition) is 4. The van der Waals surface area contributed by atoms with Gasteiger partial charge in [0.2, 0.25) is 5.91 Å². The van der Waals surface area contributed by atoms with E-state index in [-0.39, 0.29) is 10.8 Å². The van der Waals surface area contributed by atoms with Gasteiger partial charge in [0.25, 0.3) is 0 Å². The van der Waals surface area contributed by atoms with Crippen LogP contribution in [0.2, 0.25) is 0 Å². The molecular weight excluding hydrogens is 238 g/mol. The lowest BCUT2D eigenvalue weighted by Gasteiger charge is -2.26. The summed E-state index contributed by atoms with van der Waals surface area (Å²) in [6.07, 6.45) is 2.71. The van der Waals surface area contributed by atoms with Gasteiger partial charge in [-0.2, -0.15) is 0 Å². The maximum absolute atomic E-state index is 12.1. The highest BCUT2D eigenvalue weighted by molar-refractivity contribution is 7.07. The van der Waals surface area contributed by atoms with Gasteiger partial charge in [0, 0.05) is 11.1 Å². The molecule has 0 aromatic carbocycles. The van der Waals surface area contributed by atoms with Gasteiger partial charge in [0.15, 0.2) is 0 Å². The number of H-pyrrole nitrogens is 1. The lowest BCUT2D eigenvalue weighted by atomic mass is 9.93. The zero-order valence-electron chi connectivity index (χ0n) is 9.84. The largest absolute Gasteiger partial charge is 0.349 e. The summed E-state index contributed by atoms with van der Waals surface area (Å²) in [6, 6.07) is 0. The minimum Gasteiger partial charge on any atom is -0.349 e. The third-order valence-electron chi connectivity index (χ3n) is 3.29. The molecule has 2 heterocycles. The van der Waals surface area contributed by atoms with E-state index in [1.807, 2.05) is 6.92 Å². The molecule has 1 aliphatic heterocycles. The van der Waals surface area contributed by atoms with Crippen LogP contribution in [0.25, 0.3) is 0 Å². The number of aromatic nitrogens is 1. The molecule has 1 atom stereocenters. The fourth-order valence-corrected chi connectivity index (χ4v) is 2.79. The average molecular weight is 255 g/mol. The Labute approximate surface area is 104 Å². The second-order valence-corrected chi connectivity index (χ2v) is 5.16. The first kappa shape index (κ1) is 12.3. The molecule has 1 fully saturated rings. The summed E-state index contributed by atoms with van der Waals surface area (Å²) in [5, 5.41) is 7.90. The van der Waals surface area contributed by atoms with E-state index in [4.69, 9.17) is 0 Å². The van der Waals surface area contributed by atoms with Crippen LogP contribution in [-0.2, 0) is 11.3 Å². The summed E-state index contributed by atoms with van der Waals surface area (Å²) in [6.45, 7) is 3.31. The van der Waals surface area contributed by atoms with E-state index in [1.165, 1.54) is 0 Å². The summed E-state index contributed by atoms with van der Waals surface area (Å²) < 4.78 is 0. The molecule has 6 heteroatoms. The van der Waals surface area contributed by atoms with Crippen LogP contribution in [0.1, 0.15) is 31.9 Å². The molecule has 0 bridgehead atoms. The van der Waals surface area contributed by atoms with Crippen LogP contribution in [-0.4, -0.2) is 23.0 Å². The Bertz CT molecular complexity index is 446. The quantitative estimate of drug-likeness (QED) is 0.737. The highest BCUT2D eigenvalue weighted by Crippen LogP contribution is 2.23. The highest BCUT2D eigenvalue weighted by Gasteiger charge is 2.38. The van der Waals surface area contributed by atoms with Crippen LogP contribution in [0.4, 0.5) is 0 Å². The topological polar surface area (TPSA) is 74.0 Å².